The molecule has 2 aromatic rings. The van der Waals surface area contributed by atoms with E-state index < -0.39 is 0 Å². The van der Waals surface area contributed by atoms with Crippen LogP contribution in [0.2, 0.25) is 20.4 Å². The average Bonchev–Trinajstić information content (AvgIpc) is 2.34. The molecule has 0 saturated heterocycles. The van der Waals surface area contributed by atoms with Crippen LogP contribution in [0.5, 0.6) is 17.8 Å². The molecule has 0 unspecified atom stereocenters. The summed E-state index contributed by atoms with van der Waals surface area (Å²) in [6.07, 6.45) is -0.120. The number of aromatic nitrogens is 3. The fraction of sp³-hybridized carbons (Fsp3) is 0.250. The van der Waals surface area contributed by atoms with Gasteiger partial charge >= 0.3 is 12.0 Å². The van der Waals surface area contributed by atoms with Gasteiger partial charge in [-0.15, -0.1) is 4.98 Å². The predicted molar refractivity (Wildman–Crippen MR) is 82.1 cm³/mol. The highest BCUT2D eigenvalue weighted by atomic mass is 35.5. The number of hydrogen-bond donors (Lipinski definition) is 0. The summed E-state index contributed by atoms with van der Waals surface area (Å²) < 4.78 is 10.8. The van der Waals surface area contributed by atoms with Crippen LogP contribution in [-0.4, -0.2) is 21.1 Å². The van der Waals surface area contributed by atoms with E-state index >= 15 is 0 Å². The molecule has 0 spiro atoms. The molecule has 9 heteroatoms. The van der Waals surface area contributed by atoms with Gasteiger partial charge in [-0.3, -0.25) is 0 Å². The van der Waals surface area contributed by atoms with Crippen LogP contribution < -0.4 is 9.47 Å². The normalized spacial score (nSPS) is 10.8. The molecule has 0 N–H and O–H groups in total. The van der Waals surface area contributed by atoms with Gasteiger partial charge in [-0.2, -0.15) is 9.97 Å². The summed E-state index contributed by atoms with van der Waals surface area (Å²) in [5.74, 6) is 0.240. The van der Waals surface area contributed by atoms with Crippen LogP contribution in [0.15, 0.2) is 12.1 Å². The molecular weight excluding hydrogens is 360 g/mol. The minimum absolute atomic E-state index is 0.0520. The SMILES string of the molecule is CC(C)Oc1nc(Cl)nc(Oc2cc(Cl)c(Cl)cc2Cl)n1. The molecule has 0 saturated carbocycles. The number of hydrogen-bond acceptors (Lipinski definition) is 5. The van der Waals surface area contributed by atoms with Crippen molar-refractivity contribution in [2.75, 3.05) is 0 Å². The lowest BCUT2D eigenvalue weighted by atomic mass is 10.3. The first-order chi connectivity index (χ1) is 9.85. The van der Waals surface area contributed by atoms with Gasteiger partial charge in [0.2, 0.25) is 5.28 Å². The Hall–Kier alpha value is -1.01. The van der Waals surface area contributed by atoms with E-state index in [-0.39, 0.29) is 39.2 Å². The number of halogens is 4. The molecule has 0 aliphatic carbocycles. The van der Waals surface area contributed by atoms with Crippen molar-refractivity contribution in [3.8, 4) is 17.8 Å². The third-order valence-corrected chi connectivity index (χ3v) is 3.27. The number of benzene rings is 1. The van der Waals surface area contributed by atoms with Crippen LogP contribution in [0.25, 0.3) is 0 Å². The number of nitrogens with zero attached hydrogens (tertiary/aromatic N) is 3. The maximum absolute atomic E-state index is 6.01. The third kappa shape index (κ3) is 4.48. The van der Waals surface area contributed by atoms with Crippen molar-refractivity contribution in [2.24, 2.45) is 0 Å². The molecule has 1 aromatic heterocycles. The quantitative estimate of drug-likeness (QED) is 0.705. The fourth-order valence-corrected chi connectivity index (χ4v) is 2.02. The topological polar surface area (TPSA) is 57.1 Å². The van der Waals surface area contributed by atoms with Gasteiger partial charge < -0.3 is 9.47 Å². The van der Waals surface area contributed by atoms with E-state index in [1.165, 1.54) is 12.1 Å². The largest absolute Gasteiger partial charge is 0.461 e. The van der Waals surface area contributed by atoms with Gasteiger partial charge in [0.25, 0.3) is 0 Å². The molecule has 0 fully saturated rings. The molecule has 112 valence electrons. The van der Waals surface area contributed by atoms with Crippen molar-refractivity contribution < 1.29 is 9.47 Å². The molecule has 5 nitrogen and oxygen atoms in total. The Morgan fingerprint density at radius 1 is 0.857 bits per heavy atom. The monoisotopic (exact) mass is 367 g/mol. The molecule has 0 atom stereocenters. The first kappa shape index (κ1) is 16.4. The van der Waals surface area contributed by atoms with Gasteiger partial charge in [-0.1, -0.05) is 34.8 Å². The molecule has 0 aliphatic heterocycles. The maximum atomic E-state index is 6.01. The zero-order chi connectivity index (χ0) is 15.6. The number of ether oxygens (including phenoxy) is 2. The Labute approximate surface area is 141 Å². The Morgan fingerprint density at radius 2 is 1.48 bits per heavy atom. The molecule has 0 bridgehead atoms. The van der Waals surface area contributed by atoms with Crippen molar-refractivity contribution >= 4 is 46.4 Å². The standard InChI is InChI=1S/C12H9Cl4N3O2/c1-5(2)20-11-17-10(16)18-12(19-11)21-9-4-7(14)6(13)3-8(9)15/h3-5H,1-2H3. The highest BCUT2D eigenvalue weighted by Gasteiger charge is 2.13. The summed E-state index contributed by atoms with van der Waals surface area (Å²) >= 11 is 23.6. The van der Waals surface area contributed by atoms with E-state index in [9.17, 15) is 0 Å². The molecular formula is C12H9Cl4N3O2. The van der Waals surface area contributed by atoms with Crippen molar-refractivity contribution in [3.05, 3.63) is 32.5 Å². The van der Waals surface area contributed by atoms with Crippen LogP contribution in [0.3, 0.4) is 0 Å². The summed E-state index contributed by atoms with van der Waals surface area (Å²) in [4.78, 5) is 11.6. The van der Waals surface area contributed by atoms with Gasteiger partial charge in [0.05, 0.1) is 21.2 Å². The second-order valence-electron chi connectivity index (χ2n) is 4.13. The van der Waals surface area contributed by atoms with Crippen LogP contribution in [-0.2, 0) is 0 Å². The van der Waals surface area contributed by atoms with Crippen LogP contribution in [0.4, 0.5) is 0 Å². The summed E-state index contributed by atoms with van der Waals surface area (Å²) in [5, 5.41) is 0.792. The van der Waals surface area contributed by atoms with E-state index in [4.69, 9.17) is 55.9 Å². The predicted octanol–water partition coefficient (Wildman–Crippen LogP) is 5.06. The lowest BCUT2D eigenvalue weighted by Crippen LogP contribution is -2.09. The Kier molecular flexibility index (Phi) is 5.32. The smallest absolute Gasteiger partial charge is 0.329 e. The van der Waals surface area contributed by atoms with Gasteiger partial charge in [0.1, 0.15) is 0 Å². The summed E-state index contributed by atoms with van der Waals surface area (Å²) in [7, 11) is 0. The summed E-state index contributed by atoms with van der Waals surface area (Å²) in [5.41, 5.74) is 0. The fourth-order valence-electron chi connectivity index (χ4n) is 1.30. The van der Waals surface area contributed by atoms with Gasteiger partial charge in [0.15, 0.2) is 5.75 Å². The van der Waals surface area contributed by atoms with Crippen molar-refractivity contribution in [1.29, 1.82) is 0 Å². The Bertz CT molecular complexity index is 667. The molecule has 2 rings (SSSR count). The van der Waals surface area contributed by atoms with E-state index in [1.54, 1.807) is 0 Å². The molecule has 1 heterocycles. The van der Waals surface area contributed by atoms with Crippen molar-refractivity contribution in [1.82, 2.24) is 15.0 Å². The second kappa shape index (κ2) is 6.83. The maximum Gasteiger partial charge on any atom is 0.329 e. The molecule has 21 heavy (non-hydrogen) atoms. The molecule has 0 aliphatic rings. The zero-order valence-electron chi connectivity index (χ0n) is 10.9. The minimum Gasteiger partial charge on any atom is -0.461 e. The van der Waals surface area contributed by atoms with Gasteiger partial charge in [-0.05, 0) is 31.5 Å². The van der Waals surface area contributed by atoms with Gasteiger partial charge in [-0.25, -0.2) is 0 Å². The summed E-state index contributed by atoms with van der Waals surface area (Å²) in [6, 6.07) is 2.89. The van der Waals surface area contributed by atoms with E-state index in [0.717, 1.165) is 0 Å². The third-order valence-electron chi connectivity index (χ3n) is 2.08. The van der Waals surface area contributed by atoms with Crippen molar-refractivity contribution in [2.45, 2.75) is 20.0 Å². The molecule has 1 aromatic carbocycles. The highest BCUT2D eigenvalue weighted by Crippen LogP contribution is 2.35. The highest BCUT2D eigenvalue weighted by molar-refractivity contribution is 6.43. The van der Waals surface area contributed by atoms with Crippen LogP contribution >= 0.6 is 46.4 Å². The lowest BCUT2D eigenvalue weighted by Gasteiger charge is -2.10. The molecule has 0 radical (unpaired) electrons. The average molecular weight is 369 g/mol. The first-order valence-corrected chi connectivity index (χ1v) is 7.27. The number of rotatable bonds is 4. The molecule has 0 amide bonds. The minimum atomic E-state index is -0.120. The lowest BCUT2D eigenvalue weighted by molar-refractivity contribution is 0.218. The first-order valence-electron chi connectivity index (χ1n) is 5.76. The second-order valence-corrected chi connectivity index (χ2v) is 5.69. The Balaban J connectivity index is 2.31. The zero-order valence-corrected chi connectivity index (χ0v) is 13.9. The Morgan fingerprint density at radius 3 is 2.14 bits per heavy atom. The summed E-state index contributed by atoms with van der Waals surface area (Å²) in [6.45, 7) is 3.65. The van der Waals surface area contributed by atoms with Crippen LogP contribution in [0.1, 0.15) is 13.8 Å². The van der Waals surface area contributed by atoms with E-state index in [0.29, 0.717) is 5.02 Å². The van der Waals surface area contributed by atoms with Crippen LogP contribution in [0, 0.1) is 0 Å². The van der Waals surface area contributed by atoms with E-state index in [1.807, 2.05) is 13.8 Å². The van der Waals surface area contributed by atoms with Gasteiger partial charge in [0, 0.05) is 6.07 Å². The van der Waals surface area contributed by atoms with E-state index in [2.05, 4.69) is 15.0 Å². The van der Waals surface area contributed by atoms with Crippen molar-refractivity contribution in [3.63, 3.8) is 0 Å².